The van der Waals surface area contributed by atoms with E-state index < -0.39 is 11.7 Å². The molecule has 0 aliphatic carbocycles. The molecular weight excluding hydrogens is 371 g/mol. The van der Waals surface area contributed by atoms with Crippen LogP contribution in [0.3, 0.4) is 0 Å². The van der Waals surface area contributed by atoms with Crippen LogP contribution in [0.4, 0.5) is 10.1 Å². The zero-order valence-electron chi connectivity index (χ0n) is 11.1. The van der Waals surface area contributed by atoms with Gasteiger partial charge in [-0.25, -0.2) is 4.39 Å². The van der Waals surface area contributed by atoms with Crippen molar-refractivity contribution in [2.75, 3.05) is 5.32 Å². The molecule has 2 aromatic rings. The average Bonchev–Trinajstić information content (AvgIpc) is 2.49. The Kier molecular flexibility index (Phi) is 5.31. The molecule has 2 aromatic carbocycles. The predicted octanol–water partition coefficient (Wildman–Crippen LogP) is 4.79. The van der Waals surface area contributed by atoms with Gasteiger partial charge in [-0.05, 0) is 42.0 Å². The molecule has 2 rings (SSSR count). The summed E-state index contributed by atoms with van der Waals surface area (Å²) in [7, 11) is 0. The molecule has 0 unspecified atom stereocenters. The Morgan fingerprint density at radius 1 is 1.27 bits per heavy atom. The summed E-state index contributed by atoms with van der Waals surface area (Å²) in [5, 5.41) is 12.0. The number of nitrogens with one attached hydrogen (secondary N) is 1. The molecule has 0 aliphatic rings. The van der Waals surface area contributed by atoms with E-state index in [2.05, 4.69) is 21.2 Å². The minimum atomic E-state index is -0.682. The van der Waals surface area contributed by atoms with Crippen molar-refractivity contribution in [3.05, 3.63) is 68.9 Å². The Morgan fingerprint density at radius 3 is 2.55 bits per heavy atom. The molecule has 110 valence electrons. The van der Waals surface area contributed by atoms with Crippen molar-refractivity contribution in [2.45, 2.75) is 0 Å². The maximum atomic E-state index is 13.7. The molecule has 22 heavy (non-hydrogen) atoms. The van der Waals surface area contributed by atoms with Gasteiger partial charge in [0.25, 0.3) is 5.91 Å². The van der Waals surface area contributed by atoms with Gasteiger partial charge in [-0.15, -0.1) is 0 Å². The van der Waals surface area contributed by atoms with Crippen molar-refractivity contribution in [3.63, 3.8) is 0 Å². The number of carbonyl (C=O) groups is 1. The highest BCUT2D eigenvalue weighted by molar-refractivity contribution is 9.10. The van der Waals surface area contributed by atoms with E-state index in [1.807, 2.05) is 0 Å². The van der Waals surface area contributed by atoms with Crippen LogP contribution in [0.15, 0.2) is 52.5 Å². The number of nitrogens with zero attached hydrogens (tertiary/aromatic N) is 1. The summed E-state index contributed by atoms with van der Waals surface area (Å²) in [4.78, 5) is 12.0. The number of hydrogen-bond donors (Lipinski definition) is 1. The molecule has 6 heteroatoms. The van der Waals surface area contributed by atoms with E-state index in [4.69, 9.17) is 16.9 Å². The standard InChI is InChI=1S/C16H9BrClFN2O/c17-12-3-6-15(14(19)8-12)21-16(22)11(9-20)7-10-1-4-13(18)5-2-10/h1-8H,(H,21,22)/b11-7-. The van der Waals surface area contributed by atoms with E-state index in [1.165, 1.54) is 18.2 Å². The lowest BCUT2D eigenvalue weighted by molar-refractivity contribution is -0.112. The summed E-state index contributed by atoms with van der Waals surface area (Å²) < 4.78 is 14.2. The van der Waals surface area contributed by atoms with Crippen molar-refractivity contribution < 1.29 is 9.18 Å². The largest absolute Gasteiger partial charge is 0.319 e. The summed E-state index contributed by atoms with van der Waals surface area (Å²) in [6.07, 6.45) is 1.41. The van der Waals surface area contributed by atoms with Gasteiger partial charge in [0, 0.05) is 9.50 Å². The smallest absolute Gasteiger partial charge is 0.266 e. The van der Waals surface area contributed by atoms with Gasteiger partial charge in [0.05, 0.1) is 5.69 Å². The van der Waals surface area contributed by atoms with Crippen LogP contribution < -0.4 is 5.32 Å². The monoisotopic (exact) mass is 378 g/mol. The number of nitriles is 1. The van der Waals surface area contributed by atoms with E-state index in [0.717, 1.165) is 0 Å². The van der Waals surface area contributed by atoms with E-state index in [0.29, 0.717) is 15.1 Å². The van der Waals surface area contributed by atoms with Gasteiger partial charge < -0.3 is 5.32 Å². The van der Waals surface area contributed by atoms with Gasteiger partial charge in [-0.1, -0.05) is 39.7 Å². The highest BCUT2D eigenvalue weighted by Gasteiger charge is 2.12. The maximum absolute atomic E-state index is 13.7. The SMILES string of the molecule is N#C/C(=C/c1ccc(Cl)cc1)C(=O)Nc1ccc(Br)cc1F. The van der Waals surface area contributed by atoms with Gasteiger partial charge in [-0.2, -0.15) is 5.26 Å². The number of halogens is 3. The van der Waals surface area contributed by atoms with Gasteiger partial charge in [0.15, 0.2) is 0 Å². The molecule has 0 saturated heterocycles. The molecule has 0 spiro atoms. The molecule has 0 atom stereocenters. The van der Waals surface area contributed by atoms with Crippen LogP contribution in [0, 0.1) is 17.1 Å². The third-order valence-electron chi connectivity index (χ3n) is 2.73. The Morgan fingerprint density at radius 2 is 1.95 bits per heavy atom. The van der Waals surface area contributed by atoms with Crippen molar-refractivity contribution in [2.24, 2.45) is 0 Å². The van der Waals surface area contributed by atoms with Crippen LogP contribution in [0.2, 0.25) is 5.02 Å². The summed E-state index contributed by atoms with van der Waals surface area (Å²) in [5.74, 6) is -1.27. The molecule has 0 aromatic heterocycles. The first-order chi connectivity index (χ1) is 10.5. The van der Waals surface area contributed by atoms with Crippen molar-refractivity contribution in [3.8, 4) is 6.07 Å². The molecule has 1 amide bonds. The lowest BCUT2D eigenvalue weighted by atomic mass is 10.1. The molecular formula is C16H9BrClFN2O. The fourth-order valence-corrected chi connectivity index (χ4v) is 2.11. The number of anilines is 1. The fraction of sp³-hybridized carbons (Fsp3) is 0. The topological polar surface area (TPSA) is 52.9 Å². The van der Waals surface area contributed by atoms with Crippen LogP contribution in [-0.2, 0) is 4.79 Å². The summed E-state index contributed by atoms with van der Waals surface area (Å²) in [6, 6.07) is 12.7. The van der Waals surface area contributed by atoms with E-state index in [9.17, 15) is 9.18 Å². The Hall–Kier alpha value is -2.16. The molecule has 0 aliphatic heterocycles. The third kappa shape index (κ3) is 4.17. The van der Waals surface area contributed by atoms with Crippen LogP contribution in [0.1, 0.15) is 5.56 Å². The molecule has 3 nitrogen and oxygen atoms in total. The molecule has 0 heterocycles. The Balaban J connectivity index is 2.22. The van der Waals surface area contributed by atoms with Crippen LogP contribution >= 0.6 is 27.5 Å². The number of benzene rings is 2. The normalized spacial score (nSPS) is 10.9. The van der Waals surface area contributed by atoms with Crippen molar-refractivity contribution in [1.29, 1.82) is 5.26 Å². The maximum Gasteiger partial charge on any atom is 0.266 e. The minimum absolute atomic E-state index is 0.00505. The first-order valence-electron chi connectivity index (χ1n) is 6.13. The second-order valence-corrected chi connectivity index (χ2v) is 5.65. The van der Waals surface area contributed by atoms with Crippen LogP contribution in [-0.4, -0.2) is 5.91 Å². The number of carbonyl (C=O) groups excluding carboxylic acids is 1. The third-order valence-corrected chi connectivity index (χ3v) is 3.47. The quantitative estimate of drug-likeness (QED) is 0.616. The summed E-state index contributed by atoms with van der Waals surface area (Å²) >= 11 is 8.90. The lowest BCUT2D eigenvalue weighted by Gasteiger charge is -2.06. The summed E-state index contributed by atoms with van der Waals surface area (Å²) in [6.45, 7) is 0. The van der Waals surface area contributed by atoms with Crippen LogP contribution in [0.25, 0.3) is 6.08 Å². The predicted molar refractivity (Wildman–Crippen MR) is 87.8 cm³/mol. The van der Waals surface area contributed by atoms with Crippen LogP contribution in [0.5, 0.6) is 0 Å². The zero-order chi connectivity index (χ0) is 16.1. The van der Waals surface area contributed by atoms with E-state index in [1.54, 1.807) is 36.4 Å². The average molecular weight is 380 g/mol. The Labute approximate surface area is 140 Å². The highest BCUT2D eigenvalue weighted by Crippen LogP contribution is 2.20. The summed E-state index contributed by atoms with van der Waals surface area (Å²) in [5.41, 5.74) is 0.516. The lowest BCUT2D eigenvalue weighted by Crippen LogP contribution is -2.14. The van der Waals surface area contributed by atoms with Crippen molar-refractivity contribution in [1.82, 2.24) is 0 Å². The van der Waals surface area contributed by atoms with Gasteiger partial charge in [0.1, 0.15) is 17.5 Å². The highest BCUT2D eigenvalue weighted by atomic mass is 79.9. The van der Waals surface area contributed by atoms with Crippen molar-refractivity contribution >= 4 is 45.2 Å². The van der Waals surface area contributed by atoms with E-state index in [-0.39, 0.29) is 11.3 Å². The number of amides is 1. The molecule has 0 radical (unpaired) electrons. The fourth-order valence-electron chi connectivity index (χ4n) is 1.65. The molecule has 0 bridgehead atoms. The minimum Gasteiger partial charge on any atom is -0.319 e. The van der Waals surface area contributed by atoms with Gasteiger partial charge in [0.2, 0.25) is 0 Å². The first-order valence-corrected chi connectivity index (χ1v) is 7.30. The molecule has 0 fully saturated rings. The van der Waals surface area contributed by atoms with Gasteiger partial charge >= 0.3 is 0 Å². The number of rotatable bonds is 3. The first kappa shape index (κ1) is 16.2. The molecule has 0 saturated carbocycles. The van der Waals surface area contributed by atoms with Gasteiger partial charge in [-0.3, -0.25) is 4.79 Å². The number of hydrogen-bond acceptors (Lipinski definition) is 2. The Bertz CT molecular complexity index is 782. The zero-order valence-corrected chi connectivity index (χ0v) is 13.5. The molecule has 1 N–H and O–H groups in total. The van der Waals surface area contributed by atoms with E-state index >= 15 is 0 Å². The second-order valence-electron chi connectivity index (χ2n) is 4.30. The second kappa shape index (κ2) is 7.21.